The zero-order valence-electron chi connectivity index (χ0n) is 17.1. The topological polar surface area (TPSA) is 72.8 Å². The van der Waals surface area contributed by atoms with Crippen molar-refractivity contribution < 1.29 is 23.3 Å². The standard InChI is InChI=1S/C26H21O5P/c27-26(25(20-10-4-1-5-11-20)21-12-6-2-7-13-21)22-16-18-24(19-17-22)31-32(28,29)30-23-14-8-3-9-15-23/h1-19,25H,(H,28,29). The van der Waals surface area contributed by atoms with Crippen molar-refractivity contribution in [3.05, 3.63) is 132 Å². The van der Waals surface area contributed by atoms with E-state index in [-0.39, 0.29) is 17.3 Å². The summed E-state index contributed by atoms with van der Waals surface area (Å²) in [5.41, 5.74) is 2.24. The molecule has 32 heavy (non-hydrogen) atoms. The fraction of sp³-hybridized carbons (Fsp3) is 0.0385. The molecule has 0 aliphatic carbocycles. The average molecular weight is 444 g/mol. The Morgan fingerprint density at radius 1 is 0.625 bits per heavy atom. The van der Waals surface area contributed by atoms with Crippen molar-refractivity contribution in [1.82, 2.24) is 0 Å². The molecular formula is C26H21O5P. The molecule has 1 atom stereocenters. The highest BCUT2D eigenvalue weighted by Crippen LogP contribution is 2.44. The molecule has 0 heterocycles. The Balaban J connectivity index is 1.54. The fourth-order valence-electron chi connectivity index (χ4n) is 3.40. The molecule has 4 aromatic rings. The van der Waals surface area contributed by atoms with Gasteiger partial charge >= 0.3 is 7.82 Å². The van der Waals surface area contributed by atoms with Crippen molar-refractivity contribution in [2.75, 3.05) is 0 Å². The lowest BCUT2D eigenvalue weighted by Crippen LogP contribution is -2.14. The van der Waals surface area contributed by atoms with Gasteiger partial charge in [-0.25, -0.2) is 4.57 Å². The second-order valence-corrected chi connectivity index (χ2v) is 8.41. The lowest BCUT2D eigenvalue weighted by atomic mass is 9.85. The first-order valence-corrected chi connectivity index (χ1v) is 11.5. The minimum Gasteiger partial charge on any atom is -0.395 e. The summed E-state index contributed by atoms with van der Waals surface area (Å²) in [6.07, 6.45) is 0. The van der Waals surface area contributed by atoms with Crippen LogP contribution in [0.25, 0.3) is 0 Å². The molecule has 0 bridgehead atoms. The van der Waals surface area contributed by atoms with Gasteiger partial charge in [0.15, 0.2) is 5.78 Å². The zero-order chi connectivity index (χ0) is 22.4. The highest BCUT2D eigenvalue weighted by atomic mass is 31.2. The first-order chi connectivity index (χ1) is 15.5. The maximum absolute atomic E-state index is 13.4. The number of phosphoric acid groups is 1. The number of rotatable bonds is 8. The maximum atomic E-state index is 13.4. The molecule has 1 N–H and O–H groups in total. The summed E-state index contributed by atoms with van der Waals surface area (Å²) in [6, 6.07) is 33.5. The number of ketones is 1. The van der Waals surface area contributed by atoms with E-state index >= 15 is 0 Å². The first-order valence-electron chi connectivity index (χ1n) is 10.0. The molecule has 0 amide bonds. The number of carbonyl (C=O) groups excluding carboxylic acids is 1. The molecule has 0 spiro atoms. The number of hydrogen-bond acceptors (Lipinski definition) is 4. The van der Waals surface area contributed by atoms with Crippen molar-refractivity contribution in [3.8, 4) is 11.5 Å². The second-order valence-electron chi connectivity index (χ2n) is 7.11. The van der Waals surface area contributed by atoms with Gasteiger partial charge in [-0.1, -0.05) is 78.9 Å². The van der Waals surface area contributed by atoms with E-state index in [1.54, 1.807) is 42.5 Å². The summed E-state index contributed by atoms with van der Waals surface area (Å²) < 4.78 is 22.5. The molecule has 0 aliphatic rings. The molecule has 0 aromatic heterocycles. The largest absolute Gasteiger partial charge is 0.584 e. The van der Waals surface area contributed by atoms with Crippen molar-refractivity contribution in [1.29, 1.82) is 0 Å². The SMILES string of the molecule is O=C(c1ccc(OP(=O)(O)Oc2ccccc2)cc1)C(c1ccccc1)c1ccccc1. The van der Waals surface area contributed by atoms with Gasteiger partial charge in [0.2, 0.25) is 0 Å². The van der Waals surface area contributed by atoms with Gasteiger partial charge in [-0.3, -0.25) is 9.69 Å². The third-order valence-corrected chi connectivity index (χ3v) is 5.73. The van der Waals surface area contributed by atoms with E-state index in [0.717, 1.165) is 11.1 Å². The number of phosphoric ester groups is 1. The molecular weight excluding hydrogens is 423 g/mol. The summed E-state index contributed by atoms with van der Waals surface area (Å²) in [5.74, 6) is -0.200. The summed E-state index contributed by atoms with van der Waals surface area (Å²) in [6.45, 7) is 0. The van der Waals surface area contributed by atoms with Crippen LogP contribution < -0.4 is 9.05 Å². The van der Waals surface area contributed by atoms with Crippen LogP contribution in [0.3, 0.4) is 0 Å². The molecule has 160 valence electrons. The quantitative estimate of drug-likeness (QED) is 0.257. The molecule has 0 fully saturated rings. The van der Waals surface area contributed by atoms with Crippen LogP contribution in [-0.4, -0.2) is 10.7 Å². The summed E-state index contributed by atoms with van der Waals surface area (Å²) >= 11 is 0. The van der Waals surface area contributed by atoms with Gasteiger partial charge in [0.05, 0.1) is 5.92 Å². The van der Waals surface area contributed by atoms with Gasteiger partial charge in [0, 0.05) is 5.56 Å². The number of Topliss-reactive ketones (excluding diaryl/α,β-unsaturated/α-hetero) is 1. The van der Waals surface area contributed by atoms with Crippen LogP contribution in [0.2, 0.25) is 0 Å². The van der Waals surface area contributed by atoms with Crippen molar-refractivity contribution in [3.63, 3.8) is 0 Å². The number of para-hydroxylation sites is 1. The predicted molar refractivity (Wildman–Crippen MR) is 123 cm³/mol. The summed E-state index contributed by atoms with van der Waals surface area (Å²) in [5, 5.41) is 0. The third kappa shape index (κ3) is 5.33. The Hall–Kier alpha value is -3.66. The van der Waals surface area contributed by atoms with Gasteiger partial charge < -0.3 is 9.05 Å². The third-order valence-electron chi connectivity index (χ3n) is 4.85. The minimum absolute atomic E-state index is 0.0818. The van der Waals surface area contributed by atoms with Gasteiger partial charge in [0.25, 0.3) is 0 Å². The molecule has 4 rings (SSSR count). The Kier molecular flexibility index (Phi) is 6.50. The van der Waals surface area contributed by atoms with E-state index < -0.39 is 13.7 Å². The van der Waals surface area contributed by atoms with E-state index in [1.165, 1.54) is 12.1 Å². The molecule has 0 aliphatic heterocycles. The van der Waals surface area contributed by atoms with Gasteiger partial charge in [-0.15, -0.1) is 0 Å². The van der Waals surface area contributed by atoms with Crippen molar-refractivity contribution in [2.24, 2.45) is 0 Å². The number of benzene rings is 4. The van der Waals surface area contributed by atoms with Crippen LogP contribution in [0.15, 0.2) is 115 Å². The van der Waals surface area contributed by atoms with Gasteiger partial charge in [-0.05, 0) is 47.5 Å². The molecule has 1 unspecified atom stereocenters. The number of hydrogen-bond donors (Lipinski definition) is 1. The van der Waals surface area contributed by atoms with E-state index in [4.69, 9.17) is 9.05 Å². The Bertz CT molecular complexity index is 1170. The van der Waals surface area contributed by atoms with Crippen LogP contribution in [-0.2, 0) is 4.57 Å². The predicted octanol–water partition coefficient (Wildman–Crippen LogP) is 6.26. The van der Waals surface area contributed by atoms with Gasteiger partial charge in [0.1, 0.15) is 11.5 Å². The van der Waals surface area contributed by atoms with E-state index in [0.29, 0.717) is 5.56 Å². The van der Waals surface area contributed by atoms with Gasteiger partial charge in [-0.2, -0.15) is 0 Å². The molecule has 0 radical (unpaired) electrons. The molecule has 0 saturated carbocycles. The minimum atomic E-state index is -4.37. The Morgan fingerprint density at radius 3 is 1.50 bits per heavy atom. The second kappa shape index (κ2) is 9.65. The smallest absolute Gasteiger partial charge is 0.395 e. The highest BCUT2D eigenvalue weighted by molar-refractivity contribution is 7.48. The van der Waals surface area contributed by atoms with Crippen LogP contribution in [0.1, 0.15) is 27.4 Å². The zero-order valence-corrected chi connectivity index (χ0v) is 18.0. The van der Waals surface area contributed by atoms with Crippen LogP contribution in [0.4, 0.5) is 0 Å². The van der Waals surface area contributed by atoms with Crippen molar-refractivity contribution in [2.45, 2.75) is 5.92 Å². The average Bonchev–Trinajstić information content (AvgIpc) is 2.81. The molecule has 0 saturated heterocycles. The van der Waals surface area contributed by atoms with Crippen LogP contribution in [0, 0.1) is 0 Å². The molecule has 4 aromatic carbocycles. The van der Waals surface area contributed by atoms with E-state index in [2.05, 4.69) is 0 Å². The molecule has 5 nitrogen and oxygen atoms in total. The monoisotopic (exact) mass is 444 g/mol. The fourth-order valence-corrected chi connectivity index (χ4v) is 4.21. The Labute approximate surface area is 186 Å². The van der Waals surface area contributed by atoms with E-state index in [1.807, 2.05) is 60.7 Å². The Morgan fingerprint density at radius 2 is 1.03 bits per heavy atom. The van der Waals surface area contributed by atoms with Crippen LogP contribution >= 0.6 is 7.82 Å². The summed E-state index contributed by atoms with van der Waals surface area (Å²) in [4.78, 5) is 23.4. The molecule has 6 heteroatoms. The van der Waals surface area contributed by atoms with Crippen molar-refractivity contribution >= 4 is 13.6 Å². The first kappa shape index (κ1) is 21.6. The lowest BCUT2D eigenvalue weighted by molar-refractivity contribution is 0.0974. The number of carbonyl (C=O) groups is 1. The summed E-state index contributed by atoms with van der Waals surface area (Å²) in [7, 11) is -4.37. The van der Waals surface area contributed by atoms with E-state index in [9.17, 15) is 14.3 Å². The highest BCUT2D eigenvalue weighted by Gasteiger charge is 2.26. The maximum Gasteiger partial charge on any atom is 0.584 e. The van der Waals surface area contributed by atoms with Crippen LogP contribution in [0.5, 0.6) is 11.5 Å². The normalized spacial score (nSPS) is 12.7. The lowest BCUT2D eigenvalue weighted by Gasteiger charge is -2.18.